The quantitative estimate of drug-likeness (QED) is 0.671. The van der Waals surface area contributed by atoms with Crippen LogP contribution in [0.3, 0.4) is 0 Å². The highest BCUT2D eigenvalue weighted by Crippen LogP contribution is 2.26. The van der Waals surface area contributed by atoms with Crippen LogP contribution in [0.1, 0.15) is 34.8 Å². The molecule has 2 heterocycles. The van der Waals surface area contributed by atoms with Crippen LogP contribution in [0.15, 0.2) is 61.2 Å². The van der Waals surface area contributed by atoms with Gasteiger partial charge in [0.2, 0.25) is 0 Å². The third-order valence-corrected chi connectivity index (χ3v) is 5.35. The zero-order valence-corrected chi connectivity index (χ0v) is 16.5. The van der Waals surface area contributed by atoms with Gasteiger partial charge in [0, 0.05) is 12.1 Å². The number of carbonyl (C=O) groups is 1. The number of amides is 1. The van der Waals surface area contributed by atoms with E-state index in [4.69, 9.17) is 4.74 Å². The van der Waals surface area contributed by atoms with Crippen molar-refractivity contribution in [3.05, 3.63) is 72.3 Å². The second-order valence-corrected chi connectivity index (χ2v) is 7.13. The molecule has 1 amide bonds. The summed E-state index contributed by atoms with van der Waals surface area (Å²) in [7, 11) is 1.67. The molecule has 0 spiro atoms. The highest BCUT2D eigenvalue weighted by atomic mass is 16.5. The standard InChI is InChI=1S/C22H25N5O2/c1-29-20-10-6-17(7-11-20)21(26-12-2-3-13-26)14-24-22(28)18-4-8-19(9-5-18)27-16-23-15-25-27/h4-11,15-16,21H,2-3,12-14H2,1H3,(H,24,28)/t21-/m1/s1. The number of benzene rings is 2. The topological polar surface area (TPSA) is 72.3 Å². The first kappa shape index (κ1) is 19.1. The Labute approximate surface area is 170 Å². The molecule has 150 valence electrons. The first-order valence-corrected chi connectivity index (χ1v) is 9.86. The van der Waals surface area contributed by atoms with Crippen LogP contribution in [-0.4, -0.2) is 52.3 Å². The van der Waals surface area contributed by atoms with E-state index in [2.05, 4.69) is 32.4 Å². The Morgan fingerprint density at radius 1 is 1.10 bits per heavy atom. The monoisotopic (exact) mass is 391 g/mol. The van der Waals surface area contributed by atoms with Gasteiger partial charge in [-0.3, -0.25) is 9.69 Å². The highest BCUT2D eigenvalue weighted by molar-refractivity contribution is 5.94. The number of likely N-dealkylation sites (tertiary alicyclic amines) is 1. The third kappa shape index (κ3) is 4.46. The number of nitrogens with zero attached hydrogens (tertiary/aromatic N) is 4. The smallest absolute Gasteiger partial charge is 0.251 e. The van der Waals surface area contributed by atoms with Crippen molar-refractivity contribution in [2.24, 2.45) is 0 Å². The molecular formula is C22H25N5O2. The fraction of sp³-hybridized carbons (Fsp3) is 0.318. The maximum absolute atomic E-state index is 12.7. The fourth-order valence-electron chi connectivity index (χ4n) is 3.74. The molecule has 1 N–H and O–H groups in total. The van der Waals surface area contributed by atoms with Gasteiger partial charge in [0.15, 0.2) is 0 Å². The van der Waals surface area contributed by atoms with E-state index in [9.17, 15) is 4.79 Å². The lowest BCUT2D eigenvalue weighted by Gasteiger charge is -2.28. The minimum absolute atomic E-state index is 0.0761. The predicted molar refractivity (Wildman–Crippen MR) is 110 cm³/mol. The minimum atomic E-state index is -0.0761. The normalized spacial score (nSPS) is 15.2. The number of hydrogen-bond donors (Lipinski definition) is 1. The molecule has 0 saturated carbocycles. The fourth-order valence-corrected chi connectivity index (χ4v) is 3.74. The van der Waals surface area contributed by atoms with Gasteiger partial charge >= 0.3 is 0 Å². The van der Waals surface area contributed by atoms with Gasteiger partial charge < -0.3 is 10.1 Å². The van der Waals surface area contributed by atoms with Crippen LogP contribution in [0, 0.1) is 0 Å². The Kier molecular flexibility index (Phi) is 5.86. The number of rotatable bonds is 7. The molecular weight excluding hydrogens is 366 g/mol. The average Bonchev–Trinajstić information content (AvgIpc) is 3.49. The van der Waals surface area contributed by atoms with Gasteiger partial charge in [-0.1, -0.05) is 12.1 Å². The summed E-state index contributed by atoms with van der Waals surface area (Å²) in [5.41, 5.74) is 2.69. The maximum atomic E-state index is 12.7. The van der Waals surface area contributed by atoms with E-state index >= 15 is 0 Å². The Hall–Kier alpha value is -3.19. The van der Waals surface area contributed by atoms with Crippen molar-refractivity contribution in [3.63, 3.8) is 0 Å². The SMILES string of the molecule is COc1ccc([C@@H](CNC(=O)c2ccc(-n3cncn3)cc2)N2CCCC2)cc1. The van der Waals surface area contributed by atoms with E-state index in [1.807, 2.05) is 36.4 Å². The van der Waals surface area contributed by atoms with Gasteiger partial charge in [0.05, 0.1) is 18.8 Å². The molecule has 0 radical (unpaired) electrons. The molecule has 4 rings (SSSR count). The van der Waals surface area contributed by atoms with Crippen molar-refractivity contribution < 1.29 is 9.53 Å². The van der Waals surface area contributed by atoms with Gasteiger partial charge in [-0.05, 0) is 67.9 Å². The summed E-state index contributed by atoms with van der Waals surface area (Å²) in [5, 5.41) is 7.21. The summed E-state index contributed by atoms with van der Waals surface area (Å²) in [6.07, 6.45) is 5.51. The lowest BCUT2D eigenvalue weighted by molar-refractivity contribution is 0.0938. The van der Waals surface area contributed by atoms with Crippen molar-refractivity contribution in [1.29, 1.82) is 0 Å². The summed E-state index contributed by atoms with van der Waals surface area (Å²) >= 11 is 0. The summed E-state index contributed by atoms with van der Waals surface area (Å²) in [5.74, 6) is 0.762. The van der Waals surface area contributed by atoms with Crippen LogP contribution in [-0.2, 0) is 0 Å². The van der Waals surface area contributed by atoms with E-state index in [1.165, 1.54) is 24.7 Å². The van der Waals surface area contributed by atoms with Gasteiger partial charge in [-0.25, -0.2) is 9.67 Å². The Morgan fingerprint density at radius 2 is 1.83 bits per heavy atom. The van der Waals surface area contributed by atoms with E-state index < -0.39 is 0 Å². The van der Waals surface area contributed by atoms with E-state index in [1.54, 1.807) is 18.1 Å². The molecule has 1 fully saturated rings. The number of carbonyl (C=O) groups excluding carboxylic acids is 1. The molecule has 7 heteroatoms. The van der Waals surface area contributed by atoms with Crippen LogP contribution >= 0.6 is 0 Å². The number of methoxy groups -OCH3 is 1. The van der Waals surface area contributed by atoms with Crippen molar-refractivity contribution in [3.8, 4) is 11.4 Å². The van der Waals surface area contributed by atoms with Crippen molar-refractivity contribution >= 4 is 5.91 Å². The number of hydrogen-bond acceptors (Lipinski definition) is 5. The largest absolute Gasteiger partial charge is 0.497 e. The molecule has 0 unspecified atom stereocenters. The number of ether oxygens (including phenoxy) is 1. The van der Waals surface area contributed by atoms with Crippen LogP contribution in [0.4, 0.5) is 0 Å². The van der Waals surface area contributed by atoms with Crippen LogP contribution in [0.5, 0.6) is 5.75 Å². The molecule has 7 nitrogen and oxygen atoms in total. The zero-order valence-electron chi connectivity index (χ0n) is 16.5. The summed E-state index contributed by atoms with van der Waals surface area (Å²) < 4.78 is 6.93. The second kappa shape index (κ2) is 8.87. The second-order valence-electron chi connectivity index (χ2n) is 7.13. The zero-order chi connectivity index (χ0) is 20.1. The van der Waals surface area contributed by atoms with Crippen LogP contribution in [0.2, 0.25) is 0 Å². The highest BCUT2D eigenvalue weighted by Gasteiger charge is 2.24. The molecule has 0 aliphatic carbocycles. The molecule has 1 saturated heterocycles. The van der Waals surface area contributed by atoms with Gasteiger partial charge in [-0.2, -0.15) is 5.10 Å². The summed E-state index contributed by atoms with van der Waals surface area (Å²) in [6.45, 7) is 2.67. The Morgan fingerprint density at radius 3 is 2.45 bits per heavy atom. The molecule has 3 aromatic rings. The van der Waals surface area contributed by atoms with Gasteiger partial charge in [0.25, 0.3) is 5.91 Å². The number of aromatic nitrogens is 3. The first-order valence-electron chi connectivity index (χ1n) is 9.86. The predicted octanol–water partition coefficient (Wildman–Crippen LogP) is 2.84. The third-order valence-electron chi connectivity index (χ3n) is 5.35. The van der Waals surface area contributed by atoms with Crippen molar-refractivity contribution in [2.45, 2.75) is 18.9 Å². The first-order chi connectivity index (χ1) is 14.2. The maximum Gasteiger partial charge on any atom is 0.251 e. The molecule has 1 aromatic heterocycles. The molecule has 1 aliphatic rings. The molecule has 2 aromatic carbocycles. The molecule has 1 aliphatic heterocycles. The van der Waals surface area contributed by atoms with E-state index in [0.717, 1.165) is 24.5 Å². The average molecular weight is 391 g/mol. The van der Waals surface area contributed by atoms with Crippen LogP contribution in [0.25, 0.3) is 5.69 Å². The Balaban J connectivity index is 1.44. The summed E-state index contributed by atoms with van der Waals surface area (Å²) in [6, 6.07) is 15.6. The molecule has 0 bridgehead atoms. The Bertz CT molecular complexity index is 917. The van der Waals surface area contributed by atoms with E-state index in [-0.39, 0.29) is 11.9 Å². The van der Waals surface area contributed by atoms with E-state index in [0.29, 0.717) is 12.1 Å². The minimum Gasteiger partial charge on any atom is -0.497 e. The van der Waals surface area contributed by atoms with Crippen molar-refractivity contribution in [2.75, 3.05) is 26.7 Å². The van der Waals surface area contributed by atoms with Crippen LogP contribution < -0.4 is 10.1 Å². The number of nitrogens with one attached hydrogen (secondary N) is 1. The lowest BCUT2D eigenvalue weighted by Crippen LogP contribution is -2.36. The summed E-state index contributed by atoms with van der Waals surface area (Å²) in [4.78, 5) is 19.1. The lowest BCUT2D eigenvalue weighted by atomic mass is 10.0. The molecule has 1 atom stereocenters. The van der Waals surface area contributed by atoms with Gasteiger partial charge in [-0.15, -0.1) is 0 Å². The van der Waals surface area contributed by atoms with Crippen molar-refractivity contribution in [1.82, 2.24) is 25.0 Å². The van der Waals surface area contributed by atoms with Gasteiger partial charge in [0.1, 0.15) is 18.4 Å². The molecule has 29 heavy (non-hydrogen) atoms.